The number of rotatable bonds is 3. The quantitative estimate of drug-likeness (QED) is 0.895. The number of carbonyl (C=O) groups is 1. The molecule has 3 fully saturated rings. The highest BCUT2D eigenvalue weighted by Crippen LogP contribution is 2.39. The van der Waals surface area contributed by atoms with E-state index < -0.39 is 0 Å². The number of hydrogen-bond donors (Lipinski definition) is 1. The highest BCUT2D eigenvalue weighted by atomic mass is 16.3. The molecule has 3 heterocycles. The smallest absolute Gasteiger partial charge is 0.225 e. The number of likely N-dealkylation sites (tertiary alicyclic amines) is 1. The van der Waals surface area contributed by atoms with Gasteiger partial charge in [0.1, 0.15) is 0 Å². The van der Waals surface area contributed by atoms with Gasteiger partial charge in [0.2, 0.25) is 5.91 Å². The molecule has 0 aromatic heterocycles. The van der Waals surface area contributed by atoms with E-state index >= 15 is 0 Å². The summed E-state index contributed by atoms with van der Waals surface area (Å²) in [4.78, 5) is 19.6. The first kappa shape index (κ1) is 17.0. The van der Waals surface area contributed by atoms with Gasteiger partial charge in [-0.1, -0.05) is 44.2 Å². The van der Waals surface area contributed by atoms with E-state index in [1.807, 2.05) is 19.9 Å². The van der Waals surface area contributed by atoms with Crippen molar-refractivity contribution in [3.63, 3.8) is 0 Å². The van der Waals surface area contributed by atoms with E-state index in [-0.39, 0.29) is 23.5 Å². The second-order valence-corrected chi connectivity index (χ2v) is 8.42. The van der Waals surface area contributed by atoms with Crippen molar-refractivity contribution in [3.05, 3.63) is 35.9 Å². The number of carbonyl (C=O) groups excluding carboxylic acids is 1. The molecule has 136 valence electrons. The summed E-state index contributed by atoms with van der Waals surface area (Å²) in [5.41, 5.74) is 1.36. The maximum atomic E-state index is 12.6. The topological polar surface area (TPSA) is 47.0 Å². The van der Waals surface area contributed by atoms with Crippen LogP contribution in [0.2, 0.25) is 0 Å². The van der Waals surface area contributed by atoms with Crippen LogP contribution < -0.4 is 0 Å². The van der Waals surface area contributed by atoms with Crippen LogP contribution in [0.3, 0.4) is 0 Å². The summed E-state index contributed by atoms with van der Waals surface area (Å²) in [7, 11) is 0. The number of fused-ring (bicyclic) bond motifs is 2. The van der Waals surface area contributed by atoms with Crippen molar-refractivity contribution in [1.29, 1.82) is 0 Å². The van der Waals surface area contributed by atoms with Crippen LogP contribution in [-0.4, -0.2) is 76.1 Å². The van der Waals surface area contributed by atoms with Crippen LogP contribution in [0.1, 0.15) is 25.8 Å². The number of hydrogen-bond acceptors (Lipinski definition) is 4. The van der Waals surface area contributed by atoms with Crippen LogP contribution >= 0.6 is 0 Å². The third kappa shape index (κ3) is 3.09. The van der Waals surface area contributed by atoms with Crippen LogP contribution in [0.15, 0.2) is 30.3 Å². The zero-order chi connectivity index (χ0) is 17.6. The average Bonchev–Trinajstić information content (AvgIpc) is 2.94. The van der Waals surface area contributed by atoms with E-state index in [0.717, 1.165) is 45.7 Å². The van der Waals surface area contributed by atoms with E-state index in [2.05, 4.69) is 39.0 Å². The van der Waals surface area contributed by atoms with Crippen molar-refractivity contribution in [2.75, 3.05) is 32.7 Å². The molecule has 25 heavy (non-hydrogen) atoms. The predicted octanol–water partition coefficient (Wildman–Crippen LogP) is 1.17. The van der Waals surface area contributed by atoms with E-state index in [0.29, 0.717) is 6.04 Å². The predicted molar refractivity (Wildman–Crippen MR) is 97.0 cm³/mol. The average molecular weight is 343 g/mol. The Hall–Kier alpha value is -1.43. The molecule has 1 aromatic carbocycles. The van der Waals surface area contributed by atoms with Crippen LogP contribution in [0, 0.1) is 5.92 Å². The van der Waals surface area contributed by atoms with Crippen molar-refractivity contribution in [1.82, 2.24) is 14.7 Å². The van der Waals surface area contributed by atoms with Gasteiger partial charge in [-0.15, -0.1) is 0 Å². The lowest BCUT2D eigenvalue weighted by Crippen LogP contribution is -2.78. The highest BCUT2D eigenvalue weighted by Gasteiger charge is 2.56. The first-order valence-electron chi connectivity index (χ1n) is 9.47. The lowest BCUT2D eigenvalue weighted by molar-refractivity contribution is -0.153. The number of aliphatic hydroxyl groups excluding tert-OH is 1. The zero-order valence-electron chi connectivity index (χ0n) is 15.3. The van der Waals surface area contributed by atoms with E-state index in [1.165, 1.54) is 5.56 Å². The second kappa shape index (κ2) is 6.38. The lowest BCUT2D eigenvalue weighted by Gasteiger charge is -2.61. The molecule has 1 aromatic rings. The number of aliphatic hydroxyl groups is 1. The van der Waals surface area contributed by atoms with Crippen LogP contribution in [0.25, 0.3) is 0 Å². The Morgan fingerprint density at radius 2 is 1.92 bits per heavy atom. The molecule has 4 rings (SSSR count). The van der Waals surface area contributed by atoms with Crippen LogP contribution in [0.4, 0.5) is 0 Å². The number of β-amino-alcohol motifs (C(OH)–C–C–N with tert-alkyl or cyclic N) is 1. The molecule has 5 heteroatoms. The Morgan fingerprint density at radius 3 is 2.60 bits per heavy atom. The minimum Gasteiger partial charge on any atom is -0.392 e. The minimum atomic E-state index is -0.251. The Bertz CT molecular complexity index is 627. The number of benzene rings is 1. The Morgan fingerprint density at radius 1 is 1.20 bits per heavy atom. The normalized spacial score (nSPS) is 29.0. The molecular formula is C20H29N3O2. The molecule has 3 aliphatic heterocycles. The van der Waals surface area contributed by atoms with Crippen molar-refractivity contribution in [2.24, 2.45) is 5.92 Å². The van der Waals surface area contributed by atoms with Crippen molar-refractivity contribution >= 4 is 5.91 Å². The minimum absolute atomic E-state index is 0.0275. The summed E-state index contributed by atoms with van der Waals surface area (Å²) in [5.74, 6) is 0.289. The molecule has 0 saturated carbocycles. The number of nitrogens with zero attached hydrogens (tertiary/aromatic N) is 3. The molecule has 0 unspecified atom stereocenters. The van der Waals surface area contributed by atoms with E-state index in [1.54, 1.807) is 0 Å². The summed E-state index contributed by atoms with van der Waals surface area (Å²) in [5, 5.41) is 10.2. The van der Waals surface area contributed by atoms with Gasteiger partial charge in [-0.05, 0) is 12.0 Å². The van der Waals surface area contributed by atoms with E-state index in [4.69, 9.17) is 0 Å². The summed E-state index contributed by atoms with van der Waals surface area (Å²) in [6.07, 6.45) is 0.543. The number of piperazine rings is 1. The maximum absolute atomic E-state index is 12.6. The zero-order valence-corrected chi connectivity index (χ0v) is 15.3. The molecular weight excluding hydrogens is 314 g/mol. The van der Waals surface area contributed by atoms with Crippen molar-refractivity contribution in [3.8, 4) is 0 Å². The highest BCUT2D eigenvalue weighted by molar-refractivity contribution is 5.78. The second-order valence-electron chi connectivity index (χ2n) is 8.42. The maximum Gasteiger partial charge on any atom is 0.225 e. The molecule has 0 aliphatic carbocycles. The summed E-state index contributed by atoms with van der Waals surface area (Å²) in [6.45, 7) is 9.21. The molecule has 1 spiro atoms. The monoisotopic (exact) mass is 343 g/mol. The summed E-state index contributed by atoms with van der Waals surface area (Å²) in [6, 6.07) is 10.9. The lowest BCUT2D eigenvalue weighted by atomic mass is 9.83. The van der Waals surface area contributed by atoms with Gasteiger partial charge in [-0.2, -0.15) is 0 Å². The van der Waals surface area contributed by atoms with Gasteiger partial charge >= 0.3 is 0 Å². The molecule has 0 bridgehead atoms. The fourth-order valence-electron chi connectivity index (χ4n) is 4.97. The van der Waals surface area contributed by atoms with Gasteiger partial charge in [0.15, 0.2) is 0 Å². The van der Waals surface area contributed by atoms with Crippen molar-refractivity contribution in [2.45, 2.75) is 44.5 Å². The SMILES string of the molecule is CC(C)C(=O)N1C[C@@H]2C[C@@H](O)CN2C2(CN(Cc3ccccc3)C2)C1. The Kier molecular flexibility index (Phi) is 4.34. The third-order valence-electron chi connectivity index (χ3n) is 6.01. The van der Waals surface area contributed by atoms with Gasteiger partial charge in [-0.25, -0.2) is 0 Å². The first-order valence-corrected chi connectivity index (χ1v) is 9.47. The largest absolute Gasteiger partial charge is 0.392 e. The molecule has 2 atom stereocenters. The molecule has 3 aliphatic rings. The number of amides is 1. The van der Waals surface area contributed by atoms with Gasteiger partial charge < -0.3 is 10.0 Å². The molecule has 1 amide bonds. The molecule has 0 radical (unpaired) electrons. The fraction of sp³-hybridized carbons (Fsp3) is 0.650. The molecule has 3 saturated heterocycles. The van der Waals surface area contributed by atoms with Crippen LogP contribution in [0.5, 0.6) is 0 Å². The standard InChI is InChI=1S/C20H29N3O2/c1-15(2)19(25)22-10-17-8-18(24)11-23(17)20(14-22)12-21(13-20)9-16-6-4-3-5-7-16/h3-7,15,17-18,24H,8-14H2,1-2H3/t17-,18+/m0/s1. The fourth-order valence-corrected chi connectivity index (χ4v) is 4.97. The Balaban J connectivity index is 1.48. The van der Waals surface area contributed by atoms with Gasteiger partial charge in [0.05, 0.1) is 11.6 Å². The van der Waals surface area contributed by atoms with Gasteiger partial charge in [0, 0.05) is 51.2 Å². The summed E-state index contributed by atoms with van der Waals surface area (Å²) >= 11 is 0. The van der Waals surface area contributed by atoms with Gasteiger partial charge in [-0.3, -0.25) is 14.6 Å². The van der Waals surface area contributed by atoms with Crippen LogP contribution in [-0.2, 0) is 11.3 Å². The van der Waals surface area contributed by atoms with Crippen molar-refractivity contribution < 1.29 is 9.90 Å². The first-order chi connectivity index (χ1) is 12.0. The van der Waals surface area contributed by atoms with E-state index in [9.17, 15) is 9.90 Å². The van der Waals surface area contributed by atoms with Gasteiger partial charge in [0.25, 0.3) is 0 Å². The molecule has 1 N–H and O–H groups in total. The third-order valence-corrected chi connectivity index (χ3v) is 6.01. The summed E-state index contributed by atoms with van der Waals surface area (Å²) < 4.78 is 0. The molecule has 5 nitrogen and oxygen atoms in total. The Labute approximate surface area is 150 Å².